The molecular weight excluding hydrogens is 166 g/mol. The normalized spacial score (nSPS) is 32.8. The summed E-state index contributed by atoms with van der Waals surface area (Å²) in [6.07, 6.45) is 2.33. The maximum Gasteiger partial charge on any atom is 0.317 e. The molecule has 2 N–H and O–H groups in total. The van der Waals surface area contributed by atoms with Crippen molar-refractivity contribution in [3.05, 3.63) is 0 Å². The lowest BCUT2D eigenvalue weighted by Crippen LogP contribution is -2.49. The topological polar surface area (TPSA) is 44.4 Å². The van der Waals surface area contributed by atoms with E-state index in [9.17, 15) is 4.79 Å². The van der Waals surface area contributed by atoms with Crippen LogP contribution in [0.4, 0.5) is 4.79 Å². The van der Waals surface area contributed by atoms with E-state index in [0.717, 1.165) is 26.1 Å². The smallest absolute Gasteiger partial charge is 0.317 e. The molecule has 0 radical (unpaired) electrons. The molecular formula is C9H17N3O. The van der Waals surface area contributed by atoms with Gasteiger partial charge in [-0.1, -0.05) is 0 Å². The minimum atomic E-state index is 0.0744. The zero-order chi connectivity index (χ0) is 9.26. The van der Waals surface area contributed by atoms with Gasteiger partial charge in [0.05, 0.1) is 0 Å². The van der Waals surface area contributed by atoms with E-state index >= 15 is 0 Å². The Bertz CT molecular complexity index is 207. The van der Waals surface area contributed by atoms with Crippen LogP contribution in [0.3, 0.4) is 0 Å². The number of carbonyl (C=O) groups is 1. The summed E-state index contributed by atoms with van der Waals surface area (Å²) >= 11 is 0. The summed E-state index contributed by atoms with van der Waals surface area (Å²) in [5, 5.41) is 6.16. The van der Waals surface area contributed by atoms with Gasteiger partial charge < -0.3 is 15.5 Å². The molecule has 2 heterocycles. The van der Waals surface area contributed by atoms with E-state index in [4.69, 9.17) is 0 Å². The molecule has 0 saturated carbocycles. The van der Waals surface area contributed by atoms with Crippen molar-refractivity contribution in [2.45, 2.75) is 18.9 Å². The third kappa shape index (κ3) is 1.63. The first-order valence-corrected chi connectivity index (χ1v) is 5.01. The molecule has 2 atom stereocenters. The van der Waals surface area contributed by atoms with Gasteiger partial charge in [-0.2, -0.15) is 0 Å². The summed E-state index contributed by atoms with van der Waals surface area (Å²) in [5.74, 6) is 0.686. The average molecular weight is 183 g/mol. The maximum atomic E-state index is 11.3. The first-order chi connectivity index (χ1) is 6.31. The Morgan fingerprint density at radius 3 is 3.15 bits per heavy atom. The van der Waals surface area contributed by atoms with Crippen LogP contribution in [0.5, 0.6) is 0 Å². The highest BCUT2D eigenvalue weighted by molar-refractivity contribution is 5.73. The molecule has 13 heavy (non-hydrogen) atoms. The van der Waals surface area contributed by atoms with Gasteiger partial charge >= 0.3 is 6.03 Å². The Labute approximate surface area is 78.7 Å². The second-order valence-electron chi connectivity index (χ2n) is 3.90. The summed E-state index contributed by atoms with van der Waals surface area (Å²) in [4.78, 5) is 13.3. The molecule has 0 aromatic carbocycles. The second-order valence-corrected chi connectivity index (χ2v) is 3.90. The third-order valence-electron chi connectivity index (χ3n) is 3.16. The number of nitrogens with one attached hydrogen (secondary N) is 2. The number of hydrogen-bond acceptors (Lipinski definition) is 2. The molecule has 0 spiro atoms. The molecule has 0 bridgehead atoms. The van der Waals surface area contributed by atoms with Crippen LogP contribution in [0.25, 0.3) is 0 Å². The number of urea groups is 1. The first-order valence-electron chi connectivity index (χ1n) is 5.01. The van der Waals surface area contributed by atoms with Gasteiger partial charge in [-0.15, -0.1) is 0 Å². The second kappa shape index (κ2) is 3.54. The van der Waals surface area contributed by atoms with Crippen molar-refractivity contribution in [2.75, 3.05) is 26.7 Å². The van der Waals surface area contributed by atoms with Gasteiger partial charge in [0, 0.05) is 26.2 Å². The molecule has 0 aliphatic carbocycles. The molecule has 0 aromatic rings. The fourth-order valence-corrected chi connectivity index (χ4v) is 2.39. The van der Waals surface area contributed by atoms with E-state index in [0.29, 0.717) is 12.0 Å². The number of likely N-dealkylation sites (tertiary alicyclic amines) is 1. The Morgan fingerprint density at radius 2 is 2.38 bits per heavy atom. The van der Waals surface area contributed by atoms with Crippen LogP contribution in [-0.2, 0) is 0 Å². The average Bonchev–Trinajstić information content (AvgIpc) is 2.63. The van der Waals surface area contributed by atoms with Crippen molar-refractivity contribution < 1.29 is 4.79 Å². The van der Waals surface area contributed by atoms with Crippen LogP contribution in [0.1, 0.15) is 12.8 Å². The number of piperidine rings is 1. The molecule has 2 unspecified atom stereocenters. The first kappa shape index (κ1) is 8.81. The predicted molar refractivity (Wildman–Crippen MR) is 50.5 cm³/mol. The summed E-state index contributed by atoms with van der Waals surface area (Å²) in [6, 6.07) is 0.742. The molecule has 2 aliphatic heterocycles. The van der Waals surface area contributed by atoms with E-state index < -0.39 is 0 Å². The lowest BCUT2D eigenvalue weighted by atomic mass is 9.94. The lowest BCUT2D eigenvalue weighted by Gasteiger charge is -2.34. The molecule has 2 rings (SSSR count). The van der Waals surface area contributed by atoms with Gasteiger partial charge in [0.15, 0.2) is 0 Å². The van der Waals surface area contributed by atoms with Gasteiger partial charge in [0.2, 0.25) is 0 Å². The molecule has 4 heteroatoms. The zero-order valence-electron chi connectivity index (χ0n) is 8.05. The number of hydrogen-bond donors (Lipinski definition) is 2. The number of fused-ring (bicyclic) bond motifs is 1. The van der Waals surface area contributed by atoms with Gasteiger partial charge in [-0.3, -0.25) is 0 Å². The predicted octanol–water partition coefficient (Wildman–Crippen LogP) is 0.00960. The number of amides is 2. The van der Waals surface area contributed by atoms with Gasteiger partial charge in [-0.25, -0.2) is 4.79 Å². The standard InChI is InChI=1S/C9H17N3O/c1-10-9(13)12-5-3-8-7(6-12)2-4-11-8/h7-8,11H,2-6H2,1H3,(H,10,13). The van der Waals surface area contributed by atoms with E-state index in [1.54, 1.807) is 7.05 Å². The van der Waals surface area contributed by atoms with E-state index in [1.807, 2.05) is 4.90 Å². The molecule has 2 fully saturated rings. The van der Waals surface area contributed by atoms with Gasteiger partial charge in [0.1, 0.15) is 0 Å². The Morgan fingerprint density at radius 1 is 1.54 bits per heavy atom. The van der Waals surface area contributed by atoms with Crippen LogP contribution >= 0.6 is 0 Å². The Hall–Kier alpha value is -0.770. The lowest BCUT2D eigenvalue weighted by molar-refractivity contribution is 0.161. The molecule has 74 valence electrons. The molecule has 4 nitrogen and oxygen atoms in total. The van der Waals surface area contributed by atoms with E-state index in [-0.39, 0.29) is 6.03 Å². The van der Waals surface area contributed by atoms with Crippen molar-refractivity contribution in [3.63, 3.8) is 0 Å². The summed E-state index contributed by atoms with van der Waals surface area (Å²) in [5.41, 5.74) is 0. The fourth-order valence-electron chi connectivity index (χ4n) is 2.39. The Balaban J connectivity index is 1.93. The van der Waals surface area contributed by atoms with E-state index in [1.165, 1.54) is 6.42 Å². The largest absolute Gasteiger partial charge is 0.341 e. The van der Waals surface area contributed by atoms with Crippen LogP contribution < -0.4 is 10.6 Å². The maximum absolute atomic E-state index is 11.3. The van der Waals surface area contributed by atoms with Crippen LogP contribution in [0, 0.1) is 5.92 Å². The minimum Gasteiger partial charge on any atom is -0.341 e. The summed E-state index contributed by atoms with van der Waals surface area (Å²) in [6.45, 7) is 2.95. The van der Waals surface area contributed by atoms with Crippen molar-refractivity contribution in [3.8, 4) is 0 Å². The highest BCUT2D eigenvalue weighted by Gasteiger charge is 2.33. The third-order valence-corrected chi connectivity index (χ3v) is 3.16. The molecule has 0 aromatic heterocycles. The van der Waals surface area contributed by atoms with Crippen molar-refractivity contribution in [2.24, 2.45) is 5.92 Å². The fraction of sp³-hybridized carbons (Fsp3) is 0.889. The number of nitrogens with zero attached hydrogens (tertiary/aromatic N) is 1. The van der Waals surface area contributed by atoms with Crippen LogP contribution in [-0.4, -0.2) is 43.7 Å². The molecule has 2 saturated heterocycles. The minimum absolute atomic E-state index is 0.0744. The highest BCUT2D eigenvalue weighted by Crippen LogP contribution is 2.24. The van der Waals surface area contributed by atoms with Gasteiger partial charge in [-0.05, 0) is 25.3 Å². The van der Waals surface area contributed by atoms with Crippen molar-refractivity contribution in [1.29, 1.82) is 0 Å². The zero-order valence-corrected chi connectivity index (χ0v) is 8.05. The van der Waals surface area contributed by atoms with E-state index in [2.05, 4.69) is 10.6 Å². The summed E-state index contributed by atoms with van der Waals surface area (Å²) < 4.78 is 0. The highest BCUT2D eigenvalue weighted by atomic mass is 16.2. The summed E-state index contributed by atoms with van der Waals surface area (Å²) in [7, 11) is 1.70. The number of rotatable bonds is 0. The molecule has 2 aliphatic rings. The van der Waals surface area contributed by atoms with Crippen molar-refractivity contribution in [1.82, 2.24) is 15.5 Å². The Kier molecular flexibility index (Phi) is 2.40. The monoisotopic (exact) mass is 183 g/mol. The quantitative estimate of drug-likeness (QED) is 0.555. The van der Waals surface area contributed by atoms with Crippen LogP contribution in [0.2, 0.25) is 0 Å². The van der Waals surface area contributed by atoms with Crippen molar-refractivity contribution >= 4 is 6.03 Å². The molecule has 2 amide bonds. The van der Waals surface area contributed by atoms with Crippen LogP contribution in [0.15, 0.2) is 0 Å². The number of carbonyl (C=O) groups excluding carboxylic acids is 1. The van der Waals surface area contributed by atoms with Gasteiger partial charge in [0.25, 0.3) is 0 Å². The SMILES string of the molecule is CNC(=O)N1CCC2NCCC2C1.